The van der Waals surface area contributed by atoms with Gasteiger partial charge < -0.3 is 9.84 Å². The minimum absolute atomic E-state index is 0.535. The number of ether oxygens (including phenoxy) is 1. The third-order valence-electron chi connectivity index (χ3n) is 5.54. The number of thioether (sulfide) groups is 1. The number of anilines is 1. The molecule has 142 valence electrons. The molecule has 2 aliphatic rings. The lowest BCUT2D eigenvalue weighted by atomic mass is 10.0. The predicted molar refractivity (Wildman–Crippen MR) is 112 cm³/mol. The Labute approximate surface area is 165 Å². The van der Waals surface area contributed by atoms with Gasteiger partial charge in [-0.05, 0) is 80.4 Å². The molecule has 2 heterocycles. The van der Waals surface area contributed by atoms with E-state index in [2.05, 4.69) is 41.5 Å². The van der Waals surface area contributed by atoms with Gasteiger partial charge >= 0.3 is 5.17 Å². The largest absolute Gasteiger partial charge is 0.494 e. The van der Waals surface area contributed by atoms with Crippen LogP contribution in [-0.4, -0.2) is 40.3 Å². The molecule has 0 saturated heterocycles. The average Bonchev–Trinajstić information content (AvgIpc) is 2.99. The third kappa shape index (κ3) is 3.13. The fraction of sp³-hybridized carbons (Fsp3) is 0.409. The molecule has 2 aromatic carbocycles. The highest BCUT2D eigenvalue weighted by molar-refractivity contribution is 8.13. The van der Waals surface area contributed by atoms with Gasteiger partial charge in [0.15, 0.2) is 6.54 Å². The Morgan fingerprint density at radius 3 is 2.70 bits per heavy atom. The van der Waals surface area contributed by atoms with E-state index in [1.807, 2.05) is 43.0 Å². The summed E-state index contributed by atoms with van der Waals surface area (Å²) in [4.78, 5) is 2.29. The number of rotatable bonds is 4. The summed E-state index contributed by atoms with van der Waals surface area (Å²) in [7, 11) is 0. The van der Waals surface area contributed by atoms with Crippen LogP contribution < -0.4 is 9.64 Å². The minimum atomic E-state index is -1.02. The van der Waals surface area contributed by atoms with Gasteiger partial charge in [-0.3, -0.25) is 0 Å². The van der Waals surface area contributed by atoms with Gasteiger partial charge in [0.1, 0.15) is 11.4 Å². The van der Waals surface area contributed by atoms with Crippen LogP contribution in [0.15, 0.2) is 42.5 Å². The maximum atomic E-state index is 11.8. The first-order chi connectivity index (χ1) is 13.0. The Morgan fingerprint density at radius 1 is 1.19 bits per heavy atom. The standard InChI is InChI=1S/C22H27N2O2S/c1-4-26-19-11-9-18(10-12-19)22(25)15-23(21-24(22)13-6-14-27-21)20-8-5-7-16(2)17(20)3/h5,7-12,25H,4,6,13-15H2,1-3H3/q+1/t22-/m1/s1. The van der Waals surface area contributed by atoms with E-state index in [0.29, 0.717) is 13.2 Å². The van der Waals surface area contributed by atoms with E-state index >= 15 is 0 Å². The van der Waals surface area contributed by atoms with Crippen molar-refractivity contribution in [3.8, 4) is 5.75 Å². The molecule has 1 N–H and O–H groups in total. The first kappa shape index (κ1) is 18.4. The molecule has 0 aromatic heterocycles. The normalized spacial score (nSPS) is 22.1. The molecule has 27 heavy (non-hydrogen) atoms. The van der Waals surface area contributed by atoms with Gasteiger partial charge in [0, 0.05) is 11.3 Å². The molecule has 0 aliphatic carbocycles. The molecule has 4 rings (SSSR count). The number of amidine groups is 1. The molecular formula is C22H27N2O2S+. The van der Waals surface area contributed by atoms with E-state index in [1.165, 1.54) is 16.8 Å². The Hall–Kier alpha value is -1.98. The highest BCUT2D eigenvalue weighted by Gasteiger charge is 2.53. The van der Waals surface area contributed by atoms with Crippen LogP contribution in [0.3, 0.4) is 0 Å². The van der Waals surface area contributed by atoms with Crippen molar-refractivity contribution in [2.75, 3.05) is 30.3 Å². The van der Waals surface area contributed by atoms with Gasteiger partial charge in [0.25, 0.3) is 5.72 Å². The summed E-state index contributed by atoms with van der Waals surface area (Å²) in [6.07, 6.45) is 1.08. The summed E-state index contributed by atoms with van der Waals surface area (Å²) in [5.74, 6) is 1.93. The topological polar surface area (TPSA) is 35.7 Å². The monoisotopic (exact) mass is 383 g/mol. The Morgan fingerprint density at radius 2 is 1.96 bits per heavy atom. The summed E-state index contributed by atoms with van der Waals surface area (Å²) in [6, 6.07) is 14.3. The van der Waals surface area contributed by atoms with Gasteiger partial charge in [-0.2, -0.15) is 0 Å². The van der Waals surface area contributed by atoms with Crippen molar-refractivity contribution in [3.63, 3.8) is 0 Å². The lowest BCUT2D eigenvalue weighted by molar-refractivity contribution is -0.656. The van der Waals surface area contributed by atoms with Crippen molar-refractivity contribution in [1.29, 1.82) is 0 Å². The lowest BCUT2D eigenvalue weighted by Crippen LogP contribution is -2.41. The van der Waals surface area contributed by atoms with E-state index in [1.54, 1.807) is 0 Å². The van der Waals surface area contributed by atoms with Gasteiger partial charge in [-0.1, -0.05) is 12.1 Å². The summed E-state index contributed by atoms with van der Waals surface area (Å²) < 4.78 is 7.75. The lowest BCUT2D eigenvalue weighted by Gasteiger charge is -2.24. The second-order valence-corrected chi connectivity index (χ2v) is 8.28. The summed E-state index contributed by atoms with van der Waals surface area (Å²) >= 11 is 1.84. The summed E-state index contributed by atoms with van der Waals surface area (Å²) in [5, 5.41) is 12.9. The van der Waals surface area contributed by atoms with Crippen LogP contribution in [0.4, 0.5) is 5.69 Å². The molecule has 0 radical (unpaired) electrons. The maximum Gasteiger partial charge on any atom is 0.316 e. The SMILES string of the molecule is CCOc1ccc([C@]2(O)CN(c3cccc(C)c3C)C3=[N+]2CCCS3)cc1. The molecule has 0 fully saturated rings. The first-order valence-electron chi connectivity index (χ1n) is 9.61. The van der Waals surface area contributed by atoms with Crippen molar-refractivity contribution in [2.24, 2.45) is 0 Å². The number of nitrogens with zero attached hydrogens (tertiary/aromatic N) is 2. The van der Waals surface area contributed by atoms with Crippen molar-refractivity contribution >= 4 is 22.6 Å². The average molecular weight is 384 g/mol. The number of aliphatic hydroxyl groups is 1. The highest BCUT2D eigenvalue weighted by Crippen LogP contribution is 2.39. The number of hydrogen-bond acceptors (Lipinski definition) is 4. The van der Waals surface area contributed by atoms with Crippen LogP contribution >= 0.6 is 11.8 Å². The molecule has 1 atom stereocenters. The van der Waals surface area contributed by atoms with Crippen LogP contribution in [0.5, 0.6) is 5.75 Å². The summed E-state index contributed by atoms with van der Waals surface area (Å²) in [5.41, 5.74) is 3.62. The van der Waals surface area contributed by atoms with E-state index in [4.69, 9.17) is 4.74 Å². The molecule has 2 aliphatic heterocycles. The van der Waals surface area contributed by atoms with Crippen LogP contribution in [-0.2, 0) is 5.72 Å². The molecule has 5 heteroatoms. The molecule has 0 saturated carbocycles. The smallest absolute Gasteiger partial charge is 0.316 e. The van der Waals surface area contributed by atoms with Crippen LogP contribution in [0.25, 0.3) is 0 Å². The van der Waals surface area contributed by atoms with Crippen molar-refractivity contribution < 1.29 is 14.4 Å². The van der Waals surface area contributed by atoms with Gasteiger partial charge in [0.2, 0.25) is 0 Å². The number of aryl methyl sites for hydroxylation is 1. The molecule has 0 amide bonds. The van der Waals surface area contributed by atoms with Crippen molar-refractivity contribution in [2.45, 2.75) is 32.9 Å². The van der Waals surface area contributed by atoms with Crippen LogP contribution in [0, 0.1) is 13.8 Å². The van der Waals surface area contributed by atoms with Crippen LogP contribution in [0.1, 0.15) is 30.0 Å². The second kappa shape index (κ2) is 7.21. The zero-order valence-corrected chi connectivity index (χ0v) is 17.1. The zero-order valence-electron chi connectivity index (χ0n) is 16.2. The molecule has 0 bridgehead atoms. The van der Waals surface area contributed by atoms with Crippen LogP contribution in [0.2, 0.25) is 0 Å². The second-order valence-electron chi connectivity index (χ2n) is 7.22. The van der Waals surface area contributed by atoms with Gasteiger partial charge in [-0.15, -0.1) is 0 Å². The molecule has 0 spiro atoms. The van der Waals surface area contributed by atoms with Gasteiger partial charge in [0.05, 0.1) is 13.2 Å². The van der Waals surface area contributed by atoms with E-state index in [-0.39, 0.29) is 0 Å². The third-order valence-corrected chi connectivity index (χ3v) is 6.73. The Kier molecular flexibility index (Phi) is 4.91. The van der Waals surface area contributed by atoms with E-state index in [0.717, 1.165) is 35.2 Å². The maximum absolute atomic E-state index is 11.8. The Bertz CT molecular complexity index is 878. The molecule has 4 nitrogen and oxygen atoms in total. The molecule has 0 unspecified atom stereocenters. The zero-order chi connectivity index (χ0) is 19.0. The van der Waals surface area contributed by atoms with Gasteiger partial charge in [-0.25, -0.2) is 9.48 Å². The number of β-amino-alcohol motifs (C(OH)–C–C–N with tert-alkyl or cyclic N) is 1. The fourth-order valence-electron chi connectivity index (χ4n) is 3.95. The van der Waals surface area contributed by atoms with Crippen molar-refractivity contribution in [1.82, 2.24) is 0 Å². The number of hydrogen-bond donors (Lipinski definition) is 1. The quantitative estimate of drug-likeness (QED) is 0.813. The fourth-order valence-corrected chi connectivity index (χ4v) is 5.12. The predicted octanol–water partition coefficient (Wildman–Crippen LogP) is 3.87. The van der Waals surface area contributed by atoms with E-state index < -0.39 is 5.72 Å². The van der Waals surface area contributed by atoms with E-state index in [9.17, 15) is 5.11 Å². The number of benzene rings is 2. The minimum Gasteiger partial charge on any atom is -0.494 e. The Balaban J connectivity index is 1.76. The first-order valence-corrected chi connectivity index (χ1v) is 10.6. The highest BCUT2D eigenvalue weighted by atomic mass is 32.2. The van der Waals surface area contributed by atoms with Crippen molar-refractivity contribution in [3.05, 3.63) is 59.2 Å². The molecule has 2 aromatic rings. The summed E-state index contributed by atoms with van der Waals surface area (Å²) in [6.45, 7) is 8.33. The molecular weight excluding hydrogens is 356 g/mol.